The number of carbonyl (C=O) groups excluding carboxylic acids is 1. The van der Waals surface area contributed by atoms with E-state index in [1.165, 1.54) is 11.5 Å². The SMILES string of the molecule is CCc1nsc(SCCC(C)=O)n1. The molecule has 1 heterocycles. The normalized spacial score (nSPS) is 10.3. The van der Waals surface area contributed by atoms with Crippen LogP contribution >= 0.6 is 23.3 Å². The Kier molecular flexibility index (Phi) is 4.38. The Morgan fingerprint density at radius 3 is 2.92 bits per heavy atom. The van der Waals surface area contributed by atoms with Crippen molar-refractivity contribution < 1.29 is 4.79 Å². The predicted molar refractivity (Wildman–Crippen MR) is 55.3 cm³/mol. The summed E-state index contributed by atoms with van der Waals surface area (Å²) in [5.74, 6) is 1.94. The zero-order valence-electron chi connectivity index (χ0n) is 7.74. The zero-order valence-corrected chi connectivity index (χ0v) is 9.37. The van der Waals surface area contributed by atoms with Gasteiger partial charge in [0.15, 0.2) is 4.34 Å². The Morgan fingerprint density at radius 1 is 1.62 bits per heavy atom. The number of aromatic nitrogens is 2. The maximum Gasteiger partial charge on any atom is 0.170 e. The number of hydrogen-bond acceptors (Lipinski definition) is 5. The van der Waals surface area contributed by atoms with Crippen LogP contribution < -0.4 is 0 Å². The molecule has 13 heavy (non-hydrogen) atoms. The van der Waals surface area contributed by atoms with Crippen molar-refractivity contribution in [2.75, 3.05) is 5.75 Å². The first-order valence-corrected chi connectivity index (χ1v) is 5.93. The number of nitrogens with zero attached hydrogens (tertiary/aromatic N) is 2. The third-order valence-corrected chi connectivity index (χ3v) is 3.32. The molecule has 0 unspecified atom stereocenters. The molecule has 0 fully saturated rings. The lowest BCUT2D eigenvalue weighted by Crippen LogP contribution is -1.91. The van der Waals surface area contributed by atoms with Crippen molar-refractivity contribution in [3.05, 3.63) is 5.82 Å². The second-order valence-corrected chi connectivity index (χ2v) is 4.72. The molecule has 0 amide bonds. The molecule has 1 aromatic rings. The van der Waals surface area contributed by atoms with Crippen molar-refractivity contribution in [1.29, 1.82) is 0 Å². The second-order valence-electron chi connectivity index (χ2n) is 2.63. The quantitative estimate of drug-likeness (QED) is 0.707. The maximum atomic E-state index is 10.6. The maximum absolute atomic E-state index is 10.6. The number of thioether (sulfide) groups is 1. The van der Waals surface area contributed by atoms with Crippen molar-refractivity contribution in [1.82, 2.24) is 9.36 Å². The topological polar surface area (TPSA) is 42.9 Å². The summed E-state index contributed by atoms with van der Waals surface area (Å²) in [6.07, 6.45) is 1.50. The molecule has 0 aliphatic heterocycles. The van der Waals surface area contributed by atoms with Crippen LogP contribution in [0.3, 0.4) is 0 Å². The van der Waals surface area contributed by atoms with Gasteiger partial charge in [-0.2, -0.15) is 4.37 Å². The monoisotopic (exact) mass is 216 g/mol. The molecule has 5 heteroatoms. The summed E-state index contributed by atoms with van der Waals surface area (Å²) in [6, 6.07) is 0. The van der Waals surface area contributed by atoms with Gasteiger partial charge in [-0.1, -0.05) is 18.7 Å². The van der Waals surface area contributed by atoms with Crippen LogP contribution in [0.25, 0.3) is 0 Å². The summed E-state index contributed by atoms with van der Waals surface area (Å²) < 4.78 is 5.13. The molecule has 0 spiro atoms. The van der Waals surface area contributed by atoms with E-state index in [0.29, 0.717) is 6.42 Å². The fourth-order valence-corrected chi connectivity index (χ4v) is 2.53. The van der Waals surface area contributed by atoms with Crippen molar-refractivity contribution in [2.24, 2.45) is 0 Å². The smallest absolute Gasteiger partial charge is 0.170 e. The van der Waals surface area contributed by atoms with Crippen LogP contribution in [0.1, 0.15) is 26.1 Å². The van der Waals surface area contributed by atoms with Crippen molar-refractivity contribution in [2.45, 2.75) is 31.0 Å². The van der Waals surface area contributed by atoms with Gasteiger partial charge in [-0.25, -0.2) is 4.98 Å². The van der Waals surface area contributed by atoms with Gasteiger partial charge >= 0.3 is 0 Å². The predicted octanol–water partition coefficient (Wildman–Crippen LogP) is 2.17. The summed E-state index contributed by atoms with van der Waals surface area (Å²) in [6.45, 7) is 3.64. The lowest BCUT2D eigenvalue weighted by Gasteiger charge is -1.92. The third-order valence-electron chi connectivity index (χ3n) is 1.45. The number of Topliss-reactive ketones (excluding diaryl/α,β-unsaturated/α-hetero) is 1. The number of rotatable bonds is 5. The van der Waals surface area contributed by atoms with Gasteiger partial charge in [0, 0.05) is 18.6 Å². The molecule has 72 valence electrons. The second kappa shape index (κ2) is 5.34. The molecule has 1 aromatic heterocycles. The Hall–Kier alpha value is -0.420. The zero-order chi connectivity index (χ0) is 9.68. The Bertz CT molecular complexity index is 285. The van der Waals surface area contributed by atoms with Gasteiger partial charge in [0.2, 0.25) is 0 Å². The van der Waals surface area contributed by atoms with Gasteiger partial charge in [0.1, 0.15) is 11.6 Å². The molecule has 0 bridgehead atoms. The first kappa shape index (κ1) is 10.7. The van der Waals surface area contributed by atoms with E-state index in [1.54, 1.807) is 18.7 Å². The van der Waals surface area contributed by atoms with Gasteiger partial charge in [-0.3, -0.25) is 4.79 Å². The molecule has 0 N–H and O–H groups in total. The molecule has 0 aliphatic rings. The third kappa shape index (κ3) is 3.87. The largest absolute Gasteiger partial charge is 0.300 e. The summed E-state index contributed by atoms with van der Waals surface area (Å²) in [7, 11) is 0. The highest BCUT2D eigenvalue weighted by molar-refractivity contribution is 8.00. The van der Waals surface area contributed by atoms with Gasteiger partial charge in [0.25, 0.3) is 0 Å². The minimum Gasteiger partial charge on any atom is -0.300 e. The lowest BCUT2D eigenvalue weighted by atomic mass is 10.4. The molecular weight excluding hydrogens is 204 g/mol. The van der Waals surface area contributed by atoms with E-state index in [4.69, 9.17) is 0 Å². The van der Waals surface area contributed by atoms with Crippen LogP contribution in [0.4, 0.5) is 0 Å². The molecule has 0 aliphatic carbocycles. The summed E-state index contributed by atoms with van der Waals surface area (Å²) >= 11 is 3.03. The van der Waals surface area contributed by atoms with Crippen LogP contribution in [0, 0.1) is 0 Å². The number of aryl methyl sites for hydroxylation is 1. The van der Waals surface area contributed by atoms with Gasteiger partial charge < -0.3 is 0 Å². The molecule has 0 radical (unpaired) electrons. The van der Waals surface area contributed by atoms with Crippen LogP contribution in [-0.2, 0) is 11.2 Å². The van der Waals surface area contributed by atoms with E-state index < -0.39 is 0 Å². The average Bonchev–Trinajstić information content (AvgIpc) is 2.52. The highest BCUT2D eigenvalue weighted by Crippen LogP contribution is 2.20. The van der Waals surface area contributed by atoms with Crippen LogP contribution in [0.15, 0.2) is 4.34 Å². The standard InChI is InChI=1S/C8H12N2OS2/c1-3-7-9-8(13-10-7)12-5-4-6(2)11/h3-5H2,1-2H3. The fraction of sp³-hybridized carbons (Fsp3) is 0.625. The minimum absolute atomic E-state index is 0.229. The van der Waals surface area contributed by atoms with E-state index in [0.717, 1.165) is 22.3 Å². The molecule has 0 aromatic carbocycles. The van der Waals surface area contributed by atoms with Gasteiger partial charge in [-0.05, 0) is 18.5 Å². The van der Waals surface area contributed by atoms with E-state index in [1.807, 2.05) is 6.92 Å². The van der Waals surface area contributed by atoms with E-state index in [-0.39, 0.29) is 5.78 Å². The summed E-state index contributed by atoms with van der Waals surface area (Å²) in [4.78, 5) is 14.9. The van der Waals surface area contributed by atoms with Crippen LogP contribution in [-0.4, -0.2) is 20.9 Å². The van der Waals surface area contributed by atoms with E-state index >= 15 is 0 Å². The molecular formula is C8H12N2OS2. The average molecular weight is 216 g/mol. The lowest BCUT2D eigenvalue weighted by molar-refractivity contribution is -0.116. The molecule has 1 rings (SSSR count). The van der Waals surface area contributed by atoms with E-state index in [2.05, 4.69) is 9.36 Å². The van der Waals surface area contributed by atoms with Crippen LogP contribution in [0.5, 0.6) is 0 Å². The Morgan fingerprint density at radius 2 is 2.38 bits per heavy atom. The van der Waals surface area contributed by atoms with Crippen molar-refractivity contribution >= 4 is 29.1 Å². The number of hydrogen-bond donors (Lipinski definition) is 0. The molecule has 0 saturated heterocycles. The first-order chi connectivity index (χ1) is 6.22. The first-order valence-electron chi connectivity index (χ1n) is 4.17. The fourth-order valence-electron chi connectivity index (χ4n) is 0.722. The molecule has 3 nitrogen and oxygen atoms in total. The highest BCUT2D eigenvalue weighted by atomic mass is 32.2. The van der Waals surface area contributed by atoms with Crippen molar-refractivity contribution in [3.8, 4) is 0 Å². The summed E-state index contributed by atoms with van der Waals surface area (Å²) in [5.41, 5.74) is 0. The summed E-state index contributed by atoms with van der Waals surface area (Å²) in [5, 5.41) is 0. The van der Waals surface area contributed by atoms with Crippen molar-refractivity contribution in [3.63, 3.8) is 0 Å². The van der Waals surface area contributed by atoms with E-state index in [9.17, 15) is 4.79 Å². The van der Waals surface area contributed by atoms with Crippen LogP contribution in [0.2, 0.25) is 0 Å². The molecule has 0 atom stereocenters. The number of carbonyl (C=O) groups is 1. The Labute approximate surface area is 86.1 Å². The van der Waals surface area contributed by atoms with Gasteiger partial charge in [0.05, 0.1) is 0 Å². The number of ketones is 1. The highest BCUT2D eigenvalue weighted by Gasteiger charge is 2.02. The minimum atomic E-state index is 0.229. The molecule has 0 saturated carbocycles. The Balaban J connectivity index is 2.32. The van der Waals surface area contributed by atoms with Gasteiger partial charge in [-0.15, -0.1) is 0 Å².